The second kappa shape index (κ2) is 8.67. The molecule has 2 heterocycles. The number of likely N-dealkylation sites (tertiary alicyclic amines) is 1. The second-order valence-electron chi connectivity index (χ2n) is 6.25. The summed E-state index contributed by atoms with van der Waals surface area (Å²) in [4.78, 5) is 15.0. The number of carbonyl (C=O) groups excluding carboxylic acids is 1. The molecule has 134 valence electrons. The Hall–Kier alpha value is -2.34. The van der Waals surface area contributed by atoms with Gasteiger partial charge in [-0.15, -0.1) is 0 Å². The maximum absolute atomic E-state index is 13.0. The highest BCUT2D eigenvalue weighted by atomic mass is 16.5. The molecule has 0 radical (unpaired) electrons. The fourth-order valence-corrected chi connectivity index (χ4v) is 3.21. The van der Waals surface area contributed by atoms with E-state index in [9.17, 15) is 4.79 Å². The zero-order valence-corrected chi connectivity index (χ0v) is 14.6. The number of piperidine rings is 1. The summed E-state index contributed by atoms with van der Waals surface area (Å²) in [6.07, 6.45) is 6.92. The van der Waals surface area contributed by atoms with Gasteiger partial charge in [0.25, 0.3) is 5.91 Å². The highest BCUT2D eigenvalue weighted by Crippen LogP contribution is 2.22. The number of ether oxygens (including phenoxy) is 2. The van der Waals surface area contributed by atoms with Gasteiger partial charge in [0.05, 0.1) is 19.2 Å². The number of hydrogen-bond donors (Lipinski definition) is 0. The SMILES string of the molecule is COCCOc1cccc(C(=O)N2CCCC[C@H]2Cn2cccn2)c1. The van der Waals surface area contributed by atoms with Crippen LogP contribution >= 0.6 is 0 Å². The van der Waals surface area contributed by atoms with Crippen LogP contribution in [-0.4, -0.2) is 53.5 Å². The minimum absolute atomic E-state index is 0.0639. The van der Waals surface area contributed by atoms with E-state index in [1.54, 1.807) is 13.3 Å². The van der Waals surface area contributed by atoms with Crippen molar-refractivity contribution in [1.29, 1.82) is 0 Å². The molecule has 1 fully saturated rings. The zero-order chi connectivity index (χ0) is 17.5. The van der Waals surface area contributed by atoms with Gasteiger partial charge in [0.15, 0.2) is 0 Å². The topological polar surface area (TPSA) is 56.6 Å². The van der Waals surface area contributed by atoms with Crippen molar-refractivity contribution in [3.63, 3.8) is 0 Å². The van der Waals surface area contributed by atoms with Crippen LogP contribution in [-0.2, 0) is 11.3 Å². The normalized spacial score (nSPS) is 17.5. The molecular formula is C19H25N3O3. The molecule has 1 aromatic carbocycles. The number of hydrogen-bond acceptors (Lipinski definition) is 4. The predicted molar refractivity (Wildman–Crippen MR) is 94.7 cm³/mol. The van der Waals surface area contributed by atoms with Gasteiger partial charge >= 0.3 is 0 Å². The molecule has 1 aromatic heterocycles. The zero-order valence-electron chi connectivity index (χ0n) is 14.6. The van der Waals surface area contributed by atoms with Crippen molar-refractivity contribution < 1.29 is 14.3 Å². The molecule has 1 amide bonds. The third kappa shape index (κ3) is 4.60. The van der Waals surface area contributed by atoms with E-state index in [0.717, 1.165) is 32.4 Å². The second-order valence-corrected chi connectivity index (χ2v) is 6.25. The summed E-state index contributed by atoms with van der Waals surface area (Å²) in [5.74, 6) is 0.762. The number of aromatic nitrogens is 2. The van der Waals surface area contributed by atoms with Gasteiger partial charge in [0, 0.05) is 31.6 Å². The molecule has 1 saturated heterocycles. The van der Waals surface area contributed by atoms with Gasteiger partial charge in [-0.1, -0.05) is 6.07 Å². The molecule has 0 spiro atoms. The van der Waals surface area contributed by atoms with E-state index in [-0.39, 0.29) is 11.9 Å². The van der Waals surface area contributed by atoms with Crippen LogP contribution in [0.3, 0.4) is 0 Å². The average molecular weight is 343 g/mol. The molecule has 6 nitrogen and oxygen atoms in total. The van der Waals surface area contributed by atoms with E-state index in [4.69, 9.17) is 9.47 Å². The summed E-state index contributed by atoms with van der Waals surface area (Å²) in [5, 5.41) is 4.28. The Morgan fingerprint density at radius 1 is 1.28 bits per heavy atom. The van der Waals surface area contributed by atoms with Gasteiger partial charge in [0.1, 0.15) is 12.4 Å². The van der Waals surface area contributed by atoms with E-state index in [2.05, 4.69) is 5.10 Å². The first kappa shape index (κ1) is 17.5. The van der Waals surface area contributed by atoms with E-state index >= 15 is 0 Å². The van der Waals surface area contributed by atoms with E-state index in [1.807, 2.05) is 46.1 Å². The number of rotatable bonds is 7. The first-order chi connectivity index (χ1) is 12.3. The Bertz CT molecular complexity index is 672. The van der Waals surface area contributed by atoms with Crippen LogP contribution in [0.25, 0.3) is 0 Å². The lowest BCUT2D eigenvalue weighted by molar-refractivity contribution is 0.0583. The van der Waals surface area contributed by atoms with Crippen LogP contribution in [0, 0.1) is 0 Å². The lowest BCUT2D eigenvalue weighted by Crippen LogP contribution is -2.45. The van der Waals surface area contributed by atoms with E-state index < -0.39 is 0 Å². The van der Waals surface area contributed by atoms with Crippen molar-refractivity contribution in [1.82, 2.24) is 14.7 Å². The van der Waals surface area contributed by atoms with Gasteiger partial charge in [0.2, 0.25) is 0 Å². The van der Waals surface area contributed by atoms with Crippen molar-refractivity contribution in [2.24, 2.45) is 0 Å². The molecule has 6 heteroatoms. The van der Waals surface area contributed by atoms with Crippen LogP contribution in [0.5, 0.6) is 5.75 Å². The fourth-order valence-electron chi connectivity index (χ4n) is 3.21. The Morgan fingerprint density at radius 2 is 2.20 bits per heavy atom. The van der Waals surface area contributed by atoms with Crippen LogP contribution < -0.4 is 4.74 Å². The first-order valence-electron chi connectivity index (χ1n) is 8.78. The van der Waals surface area contributed by atoms with Gasteiger partial charge in [-0.3, -0.25) is 9.48 Å². The molecule has 25 heavy (non-hydrogen) atoms. The standard InChI is InChI=1S/C19H25N3O3/c1-24-12-13-25-18-8-4-6-16(14-18)19(23)22-11-3-2-7-17(22)15-21-10-5-9-20-21/h4-6,8-10,14,17H,2-3,7,11-13,15H2,1H3/t17-/m0/s1. The Kier molecular flexibility index (Phi) is 6.06. The van der Waals surface area contributed by atoms with E-state index in [0.29, 0.717) is 24.5 Å². The summed E-state index contributed by atoms with van der Waals surface area (Å²) in [6.45, 7) is 2.53. The number of benzene rings is 1. The molecule has 1 aliphatic heterocycles. The highest BCUT2D eigenvalue weighted by molar-refractivity contribution is 5.94. The van der Waals surface area contributed by atoms with Crippen molar-refractivity contribution in [2.75, 3.05) is 26.9 Å². The number of carbonyl (C=O) groups is 1. The van der Waals surface area contributed by atoms with Gasteiger partial charge in [-0.25, -0.2) is 0 Å². The number of methoxy groups -OCH3 is 1. The first-order valence-corrected chi connectivity index (χ1v) is 8.78. The molecule has 0 N–H and O–H groups in total. The maximum Gasteiger partial charge on any atom is 0.254 e. The Morgan fingerprint density at radius 3 is 3.00 bits per heavy atom. The number of nitrogens with zero attached hydrogens (tertiary/aromatic N) is 3. The summed E-state index contributed by atoms with van der Waals surface area (Å²) < 4.78 is 12.5. The highest BCUT2D eigenvalue weighted by Gasteiger charge is 2.28. The number of amides is 1. The summed E-state index contributed by atoms with van der Waals surface area (Å²) in [5.41, 5.74) is 0.669. The smallest absolute Gasteiger partial charge is 0.254 e. The Labute approximate surface area is 148 Å². The molecule has 0 aliphatic carbocycles. The molecule has 3 rings (SSSR count). The summed E-state index contributed by atoms with van der Waals surface area (Å²) in [6, 6.07) is 9.49. The average Bonchev–Trinajstić information content (AvgIpc) is 3.15. The fraction of sp³-hybridized carbons (Fsp3) is 0.474. The molecule has 0 bridgehead atoms. The molecule has 0 saturated carbocycles. The summed E-state index contributed by atoms with van der Waals surface area (Å²) in [7, 11) is 1.64. The molecule has 0 unspecified atom stereocenters. The molecular weight excluding hydrogens is 318 g/mol. The molecule has 1 aliphatic rings. The van der Waals surface area contributed by atoms with Crippen molar-refractivity contribution in [3.8, 4) is 5.75 Å². The van der Waals surface area contributed by atoms with E-state index in [1.165, 1.54) is 0 Å². The molecule has 1 atom stereocenters. The van der Waals surface area contributed by atoms with Gasteiger partial charge in [-0.05, 0) is 43.5 Å². The largest absolute Gasteiger partial charge is 0.491 e. The van der Waals surface area contributed by atoms with Crippen LogP contribution in [0.4, 0.5) is 0 Å². The minimum atomic E-state index is 0.0639. The summed E-state index contributed by atoms with van der Waals surface area (Å²) >= 11 is 0. The van der Waals surface area contributed by atoms with Crippen molar-refractivity contribution >= 4 is 5.91 Å². The van der Waals surface area contributed by atoms with Gasteiger partial charge < -0.3 is 14.4 Å². The van der Waals surface area contributed by atoms with Crippen LogP contribution in [0.2, 0.25) is 0 Å². The lowest BCUT2D eigenvalue weighted by atomic mass is 10.0. The maximum atomic E-state index is 13.0. The lowest BCUT2D eigenvalue weighted by Gasteiger charge is -2.35. The minimum Gasteiger partial charge on any atom is -0.491 e. The van der Waals surface area contributed by atoms with Crippen LogP contribution in [0.15, 0.2) is 42.7 Å². The Balaban J connectivity index is 1.70. The molecule has 2 aromatic rings. The van der Waals surface area contributed by atoms with Gasteiger partial charge in [-0.2, -0.15) is 5.10 Å². The monoisotopic (exact) mass is 343 g/mol. The van der Waals surface area contributed by atoms with Crippen LogP contribution in [0.1, 0.15) is 29.6 Å². The third-order valence-electron chi connectivity index (χ3n) is 4.48. The van der Waals surface area contributed by atoms with Crippen molar-refractivity contribution in [2.45, 2.75) is 31.8 Å². The predicted octanol–water partition coefficient (Wildman–Crippen LogP) is 2.60. The van der Waals surface area contributed by atoms with Crippen molar-refractivity contribution in [3.05, 3.63) is 48.3 Å². The third-order valence-corrected chi connectivity index (χ3v) is 4.48. The quantitative estimate of drug-likeness (QED) is 0.725.